The van der Waals surface area contributed by atoms with Crippen LogP contribution in [0.25, 0.3) is 0 Å². The number of benzene rings is 1. The minimum atomic E-state index is -0.473. The highest BCUT2D eigenvalue weighted by atomic mass is 19.1. The van der Waals surface area contributed by atoms with Crippen molar-refractivity contribution in [2.75, 3.05) is 20.2 Å². The van der Waals surface area contributed by atoms with Gasteiger partial charge in [-0.05, 0) is 17.7 Å². The molecule has 1 aromatic rings. The van der Waals surface area contributed by atoms with Crippen LogP contribution in [0.4, 0.5) is 4.39 Å². The molecule has 1 fully saturated rings. The smallest absolute Gasteiger partial charge is 0.222 e. The Balaban J connectivity index is 2.40. The lowest BCUT2D eigenvalue weighted by Crippen LogP contribution is -2.39. The number of carbonyl (C=O) groups is 1. The highest BCUT2D eigenvalue weighted by Gasteiger charge is 2.43. The van der Waals surface area contributed by atoms with Gasteiger partial charge in [0.05, 0.1) is 13.0 Å². The monoisotopic (exact) mass is 252 g/mol. The van der Waals surface area contributed by atoms with E-state index in [9.17, 15) is 9.18 Å². The maximum atomic E-state index is 13.7. The average Bonchev–Trinajstić information content (AvgIpc) is 2.72. The Hall–Kier alpha value is -1.62. The Labute approximate surface area is 105 Å². The van der Waals surface area contributed by atoms with Gasteiger partial charge in [0.15, 0.2) is 11.6 Å². The Morgan fingerprint density at radius 1 is 1.61 bits per heavy atom. The molecular formula is C13H17FN2O2. The van der Waals surface area contributed by atoms with Gasteiger partial charge in [0.25, 0.3) is 0 Å². The molecule has 3 N–H and O–H groups in total. The fraction of sp³-hybridized carbons (Fsp3) is 0.462. The lowest BCUT2D eigenvalue weighted by molar-refractivity contribution is -0.122. The second-order valence-electron chi connectivity index (χ2n) is 4.85. The van der Waals surface area contributed by atoms with Gasteiger partial charge in [-0.2, -0.15) is 0 Å². The molecule has 1 aliphatic heterocycles. The summed E-state index contributed by atoms with van der Waals surface area (Å²) >= 11 is 0. The third-order valence-corrected chi connectivity index (χ3v) is 3.76. The largest absolute Gasteiger partial charge is 0.494 e. The predicted molar refractivity (Wildman–Crippen MR) is 65.9 cm³/mol. The van der Waals surface area contributed by atoms with Crippen LogP contribution in [0, 0.1) is 11.7 Å². The SMILES string of the molecule is COc1ccc(C2(C)CNCC2C(N)=O)cc1F. The molecule has 1 amide bonds. The van der Waals surface area contributed by atoms with Crippen LogP contribution in [0.1, 0.15) is 12.5 Å². The third-order valence-electron chi connectivity index (χ3n) is 3.76. The van der Waals surface area contributed by atoms with Crippen LogP contribution < -0.4 is 15.8 Å². The zero-order valence-electron chi connectivity index (χ0n) is 10.5. The van der Waals surface area contributed by atoms with Crippen molar-refractivity contribution in [2.45, 2.75) is 12.3 Å². The number of ether oxygens (including phenoxy) is 1. The summed E-state index contributed by atoms with van der Waals surface area (Å²) in [6.07, 6.45) is 0. The molecule has 0 aliphatic carbocycles. The van der Waals surface area contributed by atoms with Gasteiger partial charge in [0.2, 0.25) is 5.91 Å². The van der Waals surface area contributed by atoms with E-state index in [1.165, 1.54) is 13.2 Å². The number of primary amides is 1. The van der Waals surface area contributed by atoms with Crippen LogP contribution >= 0.6 is 0 Å². The summed E-state index contributed by atoms with van der Waals surface area (Å²) in [4.78, 5) is 11.5. The summed E-state index contributed by atoms with van der Waals surface area (Å²) in [5.74, 6) is -0.917. The maximum Gasteiger partial charge on any atom is 0.222 e. The number of hydrogen-bond acceptors (Lipinski definition) is 3. The summed E-state index contributed by atoms with van der Waals surface area (Å²) in [6.45, 7) is 3.05. The molecule has 4 nitrogen and oxygen atoms in total. The Morgan fingerprint density at radius 3 is 2.89 bits per heavy atom. The zero-order chi connectivity index (χ0) is 13.3. The number of nitrogens with two attached hydrogens (primary N) is 1. The van der Waals surface area contributed by atoms with Gasteiger partial charge >= 0.3 is 0 Å². The number of carbonyl (C=O) groups excluding carboxylic acids is 1. The van der Waals surface area contributed by atoms with Gasteiger partial charge in [-0.15, -0.1) is 0 Å². The first-order valence-corrected chi connectivity index (χ1v) is 5.83. The van der Waals surface area contributed by atoms with Crippen molar-refractivity contribution < 1.29 is 13.9 Å². The highest BCUT2D eigenvalue weighted by molar-refractivity contribution is 5.79. The average molecular weight is 252 g/mol. The lowest BCUT2D eigenvalue weighted by Gasteiger charge is -2.29. The third kappa shape index (κ3) is 1.95. The van der Waals surface area contributed by atoms with E-state index in [-0.39, 0.29) is 17.6 Å². The molecular weight excluding hydrogens is 235 g/mol. The summed E-state index contributed by atoms with van der Waals surface area (Å²) in [5, 5.41) is 3.14. The lowest BCUT2D eigenvalue weighted by atomic mass is 9.74. The summed E-state index contributed by atoms with van der Waals surface area (Å²) in [6, 6.07) is 4.78. The number of rotatable bonds is 3. The molecule has 5 heteroatoms. The van der Waals surface area contributed by atoms with Crippen molar-refractivity contribution in [3.05, 3.63) is 29.6 Å². The van der Waals surface area contributed by atoms with E-state index in [4.69, 9.17) is 10.5 Å². The Morgan fingerprint density at radius 2 is 2.33 bits per heavy atom. The van der Waals surface area contributed by atoms with E-state index in [0.717, 1.165) is 5.56 Å². The fourth-order valence-corrected chi connectivity index (χ4v) is 2.56. The molecule has 98 valence electrons. The zero-order valence-corrected chi connectivity index (χ0v) is 10.5. The normalized spacial score (nSPS) is 27.2. The fourth-order valence-electron chi connectivity index (χ4n) is 2.56. The van der Waals surface area contributed by atoms with Gasteiger partial charge < -0.3 is 15.8 Å². The molecule has 0 bridgehead atoms. The van der Waals surface area contributed by atoms with Gasteiger partial charge in [-0.1, -0.05) is 13.0 Å². The van der Waals surface area contributed by atoms with Crippen molar-refractivity contribution in [1.29, 1.82) is 0 Å². The van der Waals surface area contributed by atoms with Crippen LogP contribution in [0.5, 0.6) is 5.75 Å². The first-order chi connectivity index (χ1) is 8.49. The standard InChI is InChI=1S/C13H17FN2O2/c1-13(7-16-6-9(13)12(15)17)8-3-4-11(18-2)10(14)5-8/h3-5,9,16H,6-7H2,1-2H3,(H2,15,17). The Kier molecular flexibility index (Phi) is 3.26. The van der Waals surface area contributed by atoms with Crippen molar-refractivity contribution >= 4 is 5.91 Å². The molecule has 18 heavy (non-hydrogen) atoms. The van der Waals surface area contributed by atoms with Crippen LogP contribution in [0.15, 0.2) is 18.2 Å². The predicted octanol–water partition coefficient (Wildman–Crippen LogP) is 0.797. The van der Waals surface area contributed by atoms with E-state index < -0.39 is 11.2 Å². The molecule has 2 rings (SSSR count). The maximum absolute atomic E-state index is 13.7. The first-order valence-electron chi connectivity index (χ1n) is 5.83. The Bertz CT molecular complexity index is 478. The van der Waals surface area contributed by atoms with Crippen LogP contribution in [0.3, 0.4) is 0 Å². The van der Waals surface area contributed by atoms with Gasteiger partial charge in [-0.3, -0.25) is 4.79 Å². The summed E-state index contributed by atoms with van der Waals surface area (Å²) in [7, 11) is 1.42. The molecule has 1 aromatic carbocycles. The van der Waals surface area contributed by atoms with Crippen LogP contribution in [0.2, 0.25) is 0 Å². The number of halogens is 1. The second kappa shape index (κ2) is 4.57. The van der Waals surface area contributed by atoms with Crippen LogP contribution in [-0.2, 0) is 10.2 Å². The molecule has 1 saturated heterocycles. The molecule has 0 saturated carbocycles. The van der Waals surface area contributed by atoms with Gasteiger partial charge in [-0.25, -0.2) is 4.39 Å². The minimum Gasteiger partial charge on any atom is -0.494 e. The molecule has 2 unspecified atom stereocenters. The quantitative estimate of drug-likeness (QED) is 0.836. The summed E-state index contributed by atoms with van der Waals surface area (Å²) < 4.78 is 18.6. The van der Waals surface area contributed by atoms with E-state index in [0.29, 0.717) is 13.1 Å². The van der Waals surface area contributed by atoms with Gasteiger partial charge in [0.1, 0.15) is 0 Å². The molecule has 0 radical (unpaired) electrons. The molecule has 0 aromatic heterocycles. The van der Waals surface area contributed by atoms with E-state index in [1.807, 2.05) is 6.92 Å². The van der Waals surface area contributed by atoms with E-state index >= 15 is 0 Å². The number of methoxy groups -OCH3 is 1. The summed E-state index contributed by atoms with van der Waals surface area (Å²) in [5.41, 5.74) is 5.69. The van der Waals surface area contributed by atoms with E-state index in [2.05, 4.69) is 5.32 Å². The van der Waals surface area contributed by atoms with Crippen molar-refractivity contribution in [2.24, 2.45) is 11.7 Å². The van der Waals surface area contributed by atoms with Crippen LogP contribution in [-0.4, -0.2) is 26.1 Å². The van der Waals surface area contributed by atoms with Crippen molar-refractivity contribution in [3.63, 3.8) is 0 Å². The van der Waals surface area contributed by atoms with Gasteiger partial charge in [0, 0.05) is 18.5 Å². The van der Waals surface area contributed by atoms with Crippen molar-refractivity contribution in [3.8, 4) is 5.75 Å². The number of amides is 1. The second-order valence-corrected chi connectivity index (χ2v) is 4.85. The number of nitrogens with one attached hydrogen (secondary N) is 1. The van der Waals surface area contributed by atoms with Crippen molar-refractivity contribution in [1.82, 2.24) is 5.32 Å². The minimum absolute atomic E-state index is 0.198. The molecule has 1 aliphatic rings. The molecule has 0 spiro atoms. The number of hydrogen-bond donors (Lipinski definition) is 2. The van der Waals surface area contributed by atoms with E-state index in [1.54, 1.807) is 12.1 Å². The first kappa shape index (κ1) is 12.8. The molecule has 1 heterocycles. The topological polar surface area (TPSA) is 64.3 Å². The molecule has 2 atom stereocenters. The highest BCUT2D eigenvalue weighted by Crippen LogP contribution is 2.36.